The van der Waals surface area contributed by atoms with Crippen LogP contribution in [0, 0.1) is 6.92 Å². The molecule has 0 spiro atoms. The van der Waals surface area contributed by atoms with Crippen molar-refractivity contribution in [3.05, 3.63) is 54.1 Å². The lowest BCUT2D eigenvalue weighted by Crippen LogP contribution is -2.14. The van der Waals surface area contributed by atoms with E-state index in [0.717, 1.165) is 36.4 Å². The van der Waals surface area contributed by atoms with E-state index in [-0.39, 0.29) is 36.4 Å². The zero-order valence-electron chi connectivity index (χ0n) is 21.8. The van der Waals surface area contributed by atoms with Crippen LogP contribution in [0.15, 0.2) is 73.4 Å². The summed E-state index contributed by atoms with van der Waals surface area (Å²) in [5.74, 6) is -2.19. The van der Waals surface area contributed by atoms with E-state index >= 15 is 0 Å². The van der Waals surface area contributed by atoms with Crippen molar-refractivity contribution in [2.75, 3.05) is 18.3 Å². The standard InChI is InChI=1S/C23H21N3O13S4.2CH4/c1-12-7-14-10-19(41(30,31)32)21(22(27)20(14)18(8-12)24-2)26-25-17-6-3-13-9-15(40(28,29)11-39-43(36,37)38)4-5-16(13)23(17)42(33,34)35;;/h3-10,24,27H,11H2,1-2H3,(H,30,31,32)(H,33,34,35)(H,36,37,38);2*1H4. The first-order chi connectivity index (χ1) is 19.7. The Balaban J connectivity index is 0.00000353. The number of hydrogen-bond donors (Lipinski definition) is 5. The molecule has 0 fully saturated rings. The van der Waals surface area contributed by atoms with Gasteiger partial charge in [0, 0.05) is 23.5 Å². The van der Waals surface area contributed by atoms with E-state index in [9.17, 15) is 47.9 Å². The first-order valence-corrected chi connectivity index (χ1v) is 17.4. The molecule has 5 N–H and O–H groups in total. The zero-order chi connectivity index (χ0) is 32.1. The molecule has 45 heavy (non-hydrogen) atoms. The van der Waals surface area contributed by atoms with Crippen LogP contribution in [0.1, 0.15) is 20.4 Å². The molecule has 0 aromatic heterocycles. The molecular weight excluding hydrogens is 679 g/mol. The van der Waals surface area contributed by atoms with Crippen molar-refractivity contribution < 1.29 is 56.6 Å². The minimum Gasteiger partial charge on any atom is -0.505 e. The molecule has 0 unspecified atom stereocenters. The van der Waals surface area contributed by atoms with E-state index in [0.29, 0.717) is 11.3 Å². The maximum absolute atomic E-state index is 12.4. The maximum atomic E-state index is 12.4. The van der Waals surface area contributed by atoms with Gasteiger partial charge >= 0.3 is 10.4 Å². The third-order valence-corrected chi connectivity index (χ3v) is 9.77. The third kappa shape index (κ3) is 7.91. The second-order valence-electron chi connectivity index (χ2n) is 8.96. The molecule has 4 aromatic rings. The number of fused-ring (bicyclic) bond motifs is 2. The normalized spacial score (nSPS) is 12.6. The molecule has 246 valence electrons. The highest BCUT2D eigenvalue weighted by Gasteiger charge is 2.26. The first-order valence-electron chi connectivity index (χ1n) is 11.5. The average molecular weight is 708 g/mol. The molecule has 20 heteroatoms. The van der Waals surface area contributed by atoms with Crippen LogP contribution in [0.3, 0.4) is 0 Å². The maximum Gasteiger partial charge on any atom is 0.398 e. The monoisotopic (exact) mass is 707 g/mol. The van der Waals surface area contributed by atoms with Crippen LogP contribution in [0.4, 0.5) is 17.1 Å². The van der Waals surface area contributed by atoms with Crippen molar-refractivity contribution in [2.24, 2.45) is 10.2 Å². The van der Waals surface area contributed by atoms with Crippen LogP contribution in [0.5, 0.6) is 5.75 Å². The Morgan fingerprint density at radius 1 is 0.800 bits per heavy atom. The number of sulfone groups is 1. The summed E-state index contributed by atoms with van der Waals surface area (Å²) < 4.78 is 128. The highest BCUT2D eigenvalue weighted by molar-refractivity contribution is 7.92. The largest absolute Gasteiger partial charge is 0.505 e. The zero-order valence-corrected chi connectivity index (χ0v) is 25.1. The summed E-state index contributed by atoms with van der Waals surface area (Å²) in [6, 6.07) is 9.10. The predicted molar refractivity (Wildman–Crippen MR) is 166 cm³/mol. The topological polar surface area (TPSA) is 263 Å². The highest BCUT2D eigenvalue weighted by Crippen LogP contribution is 2.45. The molecule has 0 bridgehead atoms. The van der Waals surface area contributed by atoms with Gasteiger partial charge in [0.15, 0.2) is 11.7 Å². The van der Waals surface area contributed by atoms with Crippen LogP contribution in [0.2, 0.25) is 0 Å². The summed E-state index contributed by atoms with van der Waals surface area (Å²) in [4.78, 5) is -2.27. The van der Waals surface area contributed by atoms with E-state index in [1.807, 2.05) is 0 Å². The summed E-state index contributed by atoms with van der Waals surface area (Å²) in [6.07, 6.45) is 0. The average Bonchev–Trinajstić information content (AvgIpc) is 2.88. The van der Waals surface area contributed by atoms with Crippen LogP contribution >= 0.6 is 0 Å². The van der Waals surface area contributed by atoms with Crippen molar-refractivity contribution in [3.8, 4) is 5.75 Å². The van der Waals surface area contributed by atoms with Gasteiger partial charge in [-0.2, -0.15) is 25.3 Å². The summed E-state index contributed by atoms with van der Waals surface area (Å²) in [5.41, 5.74) is -0.276. The minimum atomic E-state index is -5.12. The van der Waals surface area contributed by atoms with E-state index in [2.05, 4.69) is 19.7 Å². The van der Waals surface area contributed by atoms with Gasteiger partial charge in [0.05, 0.1) is 4.90 Å². The SMILES string of the molecule is C.C.CNc1cc(C)cc2cc(S(=O)(=O)O)c(N=Nc3ccc4cc(S(=O)(=O)COS(=O)(=O)O)ccc4c3S(=O)(=O)O)c(O)c12. The molecule has 0 aliphatic carbocycles. The van der Waals surface area contributed by atoms with Gasteiger partial charge in [0.1, 0.15) is 21.2 Å². The second-order valence-corrected chi connectivity index (χ2v) is 14.7. The number of nitrogens with zero attached hydrogens (tertiary/aromatic N) is 2. The Kier molecular flexibility index (Phi) is 10.7. The molecular formula is C25H29N3O13S4. The number of rotatable bonds is 9. The summed E-state index contributed by atoms with van der Waals surface area (Å²) >= 11 is 0. The number of hydrogen-bond acceptors (Lipinski definition) is 13. The van der Waals surface area contributed by atoms with Gasteiger partial charge in [-0.1, -0.05) is 33.1 Å². The van der Waals surface area contributed by atoms with Crippen LogP contribution in [-0.4, -0.2) is 65.4 Å². The first kappa shape index (κ1) is 37.4. The number of aryl methyl sites for hydroxylation is 1. The molecule has 0 aliphatic heterocycles. The number of azo groups is 1. The Morgan fingerprint density at radius 3 is 2.00 bits per heavy atom. The Morgan fingerprint density at radius 2 is 1.44 bits per heavy atom. The third-order valence-electron chi connectivity index (χ3n) is 5.99. The van der Waals surface area contributed by atoms with Gasteiger partial charge in [0.2, 0.25) is 9.84 Å². The number of benzene rings is 4. The van der Waals surface area contributed by atoms with Crippen LogP contribution in [0.25, 0.3) is 21.5 Å². The van der Waals surface area contributed by atoms with Crippen molar-refractivity contribution in [1.29, 1.82) is 0 Å². The number of aromatic hydroxyl groups is 1. The predicted octanol–water partition coefficient (Wildman–Crippen LogP) is 4.78. The Labute approximate surface area is 259 Å². The molecule has 0 atom stereocenters. The van der Waals surface area contributed by atoms with Gasteiger partial charge in [-0.25, -0.2) is 12.6 Å². The Bertz CT molecular complexity index is 2290. The van der Waals surface area contributed by atoms with Gasteiger partial charge in [-0.15, -0.1) is 10.2 Å². The van der Waals surface area contributed by atoms with Crippen molar-refractivity contribution in [1.82, 2.24) is 0 Å². The molecule has 4 aromatic carbocycles. The molecule has 4 rings (SSSR count). The minimum absolute atomic E-state index is 0. The molecule has 16 nitrogen and oxygen atoms in total. The summed E-state index contributed by atoms with van der Waals surface area (Å²) in [6.45, 7) is 1.71. The molecule has 0 heterocycles. The Hall–Kier alpha value is -3.76. The van der Waals surface area contributed by atoms with Crippen molar-refractivity contribution in [3.63, 3.8) is 0 Å². The van der Waals surface area contributed by atoms with Gasteiger partial charge in [-0.05, 0) is 53.6 Å². The molecule has 0 amide bonds. The van der Waals surface area contributed by atoms with Gasteiger partial charge in [-0.3, -0.25) is 13.7 Å². The molecule has 0 radical (unpaired) electrons. The molecule has 0 saturated carbocycles. The van der Waals surface area contributed by atoms with E-state index in [4.69, 9.17) is 4.55 Å². The van der Waals surface area contributed by atoms with Crippen molar-refractivity contribution >= 4 is 79.1 Å². The number of phenols is 1. The lowest BCUT2D eigenvalue weighted by Gasteiger charge is -2.13. The van der Waals surface area contributed by atoms with Crippen LogP contribution in [-0.2, 0) is 44.7 Å². The quantitative estimate of drug-likeness (QED) is 0.116. The number of nitrogens with one attached hydrogen (secondary N) is 1. The summed E-state index contributed by atoms with van der Waals surface area (Å²) in [5, 5.41) is 21.3. The highest BCUT2D eigenvalue weighted by atomic mass is 32.3. The number of phenolic OH excluding ortho intramolecular Hbond substituents is 1. The fourth-order valence-electron chi connectivity index (χ4n) is 4.23. The smallest absolute Gasteiger partial charge is 0.398 e. The van der Waals surface area contributed by atoms with Crippen molar-refractivity contribution in [2.45, 2.75) is 36.5 Å². The van der Waals surface area contributed by atoms with E-state index < -0.39 is 78.2 Å². The fraction of sp³-hybridized carbons (Fsp3) is 0.200. The van der Waals surface area contributed by atoms with E-state index in [1.54, 1.807) is 13.0 Å². The lowest BCUT2D eigenvalue weighted by atomic mass is 10.0. The number of anilines is 1. The van der Waals surface area contributed by atoms with Gasteiger partial charge in [0.25, 0.3) is 20.2 Å². The molecule has 0 saturated heterocycles. The second kappa shape index (κ2) is 12.9. The molecule has 0 aliphatic rings. The summed E-state index contributed by atoms with van der Waals surface area (Å²) in [7, 11) is -18.2. The fourth-order valence-corrected chi connectivity index (χ4v) is 7.44. The van der Waals surface area contributed by atoms with Gasteiger partial charge < -0.3 is 10.4 Å². The van der Waals surface area contributed by atoms with Crippen LogP contribution < -0.4 is 5.32 Å². The van der Waals surface area contributed by atoms with E-state index in [1.165, 1.54) is 13.1 Å². The lowest BCUT2D eigenvalue weighted by molar-refractivity contribution is 0.306.